The summed E-state index contributed by atoms with van der Waals surface area (Å²) >= 11 is 0. The molecule has 3 aromatic heterocycles. The number of anilines is 5. The number of aromatic nitrogens is 3. The van der Waals surface area contributed by atoms with E-state index >= 15 is 0 Å². The Morgan fingerprint density at radius 3 is 2.76 bits per heavy atom. The molecule has 3 N–H and O–H groups in total. The van der Waals surface area contributed by atoms with Gasteiger partial charge in [0.15, 0.2) is 0 Å². The molecule has 226 valence electrons. The second-order valence-corrected chi connectivity index (χ2v) is 12.9. The molecule has 0 spiro atoms. The van der Waals surface area contributed by atoms with Gasteiger partial charge in [0.05, 0.1) is 5.52 Å². The van der Waals surface area contributed by atoms with Crippen LogP contribution in [0.4, 0.5) is 28.6 Å². The molecule has 4 aliphatic rings. The quantitative estimate of drug-likeness (QED) is 0.196. The van der Waals surface area contributed by atoms with Gasteiger partial charge in [0.1, 0.15) is 5.82 Å². The summed E-state index contributed by atoms with van der Waals surface area (Å²) in [6.07, 6.45) is 13.1. The topological polar surface area (TPSA) is 95.1 Å². The lowest BCUT2D eigenvalue weighted by Crippen LogP contribution is -2.25. The highest BCUT2D eigenvalue weighted by Crippen LogP contribution is 2.44. The third kappa shape index (κ3) is 5.62. The zero-order valence-corrected chi connectivity index (χ0v) is 25.5. The molecule has 3 fully saturated rings. The fraction of sp³-hybridized carbons (Fsp3) is 0.297. The summed E-state index contributed by atoms with van der Waals surface area (Å²) in [7, 11) is 2.27. The number of hydrogen-bond acceptors (Lipinski definition) is 7. The summed E-state index contributed by atoms with van der Waals surface area (Å²) in [5, 5.41) is 11.2. The largest absolute Gasteiger partial charge is 0.355 e. The number of amides is 1. The third-order valence-electron chi connectivity index (χ3n) is 9.88. The van der Waals surface area contributed by atoms with Gasteiger partial charge < -0.3 is 20.9 Å². The molecule has 8 nitrogen and oxygen atoms in total. The number of carbonyl (C=O) groups excluding carboxylic acids is 1. The van der Waals surface area contributed by atoms with Crippen LogP contribution in [0.3, 0.4) is 0 Å². The van der Waals surface area contributed by atoms with Crippen molar-refractivity contribution in [3.63, 3.8) is 0 Å². The summed E-state index contributed by atoms with van der Waals surface area (Å²) < 4.78 is 0. The van der Waals surface area contributed by atoms with Crippen LogP contribution < -0.4 is 16.0 Å². The minimum atomic E-state index is -0.209. The number of pyridine rings is 3. The van der Waals surface area contributed by atoms with E-state index in [1.54, 1.807) is 6.20 Å². The van der Waals surface area contributed by atoms with E-state index in [0.29, 0.717) is 23.2 Å². The summed E-state index contributed by atoms with van der Waals surface area (Å²) in [4.78, 5) is 29.4. The van der Waals surface area contributed by atoms with E-state index in [1.165, 1.54) is 43.5 Å². The highest BCUT2D eigenvalue weighted by molar-refractivity contribution is 6.05. The van der Waals surface area contributed by atoms with E-state index in [4.69, 9.17) is 0 Å². The number of carbonyl (C=O) groups is 1. The van der Waals surface area contributed by atoms with Crippen molar-refractivity contribution in [2.75, 3.05) is 36.1 Å². The molecule has 1 amide bonds. The molecule has 6 heterocycles. The molecular weight excluding hydrogens is 558 g/mol. The van der Waals surface area contributed by atoms with Crippen molar-refractivity contribution < 1.29 is 4.79 Å². The summed E-state index contributed by atoms with van der Waals surface area (Å²) in [6, 6.07) is 20.3. The molecule has 2 bridgehead atoms. The van der Waals surface area contributed by atoms with Crippen molar-refractivity contribution in [2.24, 2.45) is 11.8 Å². The first-order valence-corrected chi connectivity index (χ1v) is 16.0. The highest BCUT2D eigenvalue weighted by atomic mass is 16.1. The van der Waals surface area contributed by atoms with Gasteiger partial charge in [-0.15, -0.1) is 0 Å². The van der Waals surface area contributed by atoms with E-state index < -0.39 is 0 Å². The van der Waals surface area contributed by atoms with Crippen molar-refractivity contribution in [3.05, 3.63) is 108 Å². The van der Waals surface area contributed by atoms with E-state index in [9.17, 15) is 4.79 Å². The van der Waals surface area contributed by atoms with Gasteiger partial charge >= 0.3 is 0 Å². The maximum Gasteiger partial charge on any atom is 0.256 e. The average molecular weight is 596 g/mol. The standard InChI is InChI=1S/C37H37N7O/c1-44-21-23-5-6-28(22-44)30(15-23)24-9-10-33-31(17-24)34(12-14-39-33)41-29-4-2-3-25(16-29)37(45)43-36-18-35-27(20-40-36)8-7-26-19-38-13-11-32(26)42-35/h2-4,9-14,16-20,23,28,30,42H,5-8,15,21-22H2,1H3,(H,39,41)(H,40,43,45)/t23-,28+,30?/m1/s1. The predicted molar refractivity (Wildman–Crippen MR) is 180 cm³/mol. The third-order valence-corrected chi connectivity index (χ3v) is 9.88. The number of benzene rings is 2. The van der Waals surface area contributed by atoms with Gasteiger partial charge in [0.2, 0.25) is 0 Å². The average Bonchev–Trinajstić information content (AvgIpc) is 3.44. The van der Waals surface area contributed by atoms with Crippen LogP contribution in [0.2, 0.25) is 0 Å². The molecule has 1 aliphatic carbocycles. The zero-order chi connectivity index (χ0) is 30.3. The Labute approximate surface area is 263 Å². The van der Waals surface area contributed by atoms with Crippen LogP contribution in [0.25, 0.3) is 10.9 Å². The van der Waals surface area contributed by atoms with Gasteiger partial charge in [-0.3, -0.25) is 14.8 Å². The molecular formula is C37H37N7O. The van der Waals surface area contributed by atoms with Crippen LogP contribution in [0.5, 0.6) is 0 Å². The molecule has 0 radical (unpaired) electrons. The van der Waals surface area contributed by atoms with Crippen LogP contribution in [-0.2, 0) is 12.8 Å². The van der Waals surface area contributed by atoms with E-state index in [-0.39, 0.29) is 5.91 Å². The first-order valence-electron chi connectivity index (χ1n) is 16.0. The van der Waals surface area contributed by atoms with Crippen molar-refractivity contribution >= 4 is 45.4 Å². The molecule has 3 atom stereocenters. The lowest BCUT2D eigenvalue weighted by molar-refractivity contribution is 0.102. The minimum Gasteiger partial charge on any atom is -0.355 e. The molecule has 9 rings (SSSR count). The van der Waals surface area contributed by atoms with E-state index in [0.717, 1.165) is 58.0 Å². The number of nitrogens with one attached hydrogen (secondary N) is 3. The van der Waals surface area contributed by atoms with E-state index in [1.807, 2.05) is 61.1 Å². The van der Waals surface area contributed by atoms with Gasteiger partial charge in [-0.2, -0.15) is 0 Å². The van der Waals surface area contributed by atoms with Crippen molar-refractivity contribution in [1.29, 1.82) is 0 Å². The van der Waals surface area contributed by atoms with Crippen LogP contribution in [0.15, 0.2) is 85.5 Å². The maximum atomic E-state index is 13.4. The predicted octanol–water partition coefficient (Wildman–Crippen LogP) is 7.31. The summed E-state index contributed by atoms with van der Waals surface area (Å²) in [6.45, 7) is 2.39. The molecule has 8 heteroatoms. The molecule has 45 heavy (non-hydrogen) atoms. The molecule has 2 saturated heterocycles. The van der Waals surface area contributed by atoms with Gasteiger partial charge in [-0.1, -0.05) is 12.1 Å². The molecule has 1 saturated carbocycles. The molecule has 3 aliphatic heterocycles. The number of hydrogen-bond donors (Lipinski definition) is 3. The molecule has 1 unspecified atom stereocenters. The minimum absolute atomic E-state index is 0.209. The Morgan fingerprint density at radius 2 is 1.82 bits per heavy atom. The van der Waals surface area contributed by atoms with Gasteiger partial charge in [0, 0.05) is 77.6 Å². The van der Waals surface area contributed by atoms with Crippen LogP contribution in [0, 0.1) is 11.8 Å². The number of fused-ring (bicyclic) bond motifs is 7. The Kier molecular flexibility index (Phi) is 7.14. The highest BCUT2D eigenvalue weighted by Gasteiger charge is 2.36. The molecule has 2 aromatic carbocycles. The number of aryl methyl sites for hydroxylation is 2. The van der Waals surface area contributed by atoms with E-state index in [2.05, 4.69) is 61.0 Å². The first kappa shape index (κ1) is 27.7. The van der Waals surface area contributed by atoms with Gasteiger partial charge in [-0.05, 0) is 116 Å². The second kappa shape index (κ2) is 11.6. The number of rotatable bonds is 5. The van der Waals surface area contributed by atoms with Crippen LogP contribution in [0.1, 0.15) is 52.2 Å². The second-order valence-electron chi connectivity index (χ2n) is 12.9. The Morgan fingerprint density at radius 1 is 0.911 bits per heavy atom. The Bertz CT molecular complexity index is 1910. The fourth-order valence-electron chi connectivity index (χ4n) is 7.64. The monoisotopic (exact) mass is 595 g/mol. The lowest BCUT2D eigenvalue weighted by Gasteiger charge is -2.32. The van der Waals surface area contributed by atoms with Gasteiger partial charge in [0.25, 0.3) is 5.91 Å². The van der Waals surface area contributed by atoms with Gasteiger partial charge in [-0.25, -0.2) is 4.98 Å². The van der Waals surface area contributed by atoms with Crippen LogP contribution >= 0.6 is 0 Å². The van der Waals surface area contributed by atoms with Crippen molar-refractivity contribution in [2.45, 2.75) is 38.0 Å². The zero-order valence-electron chi connectivity index (χ0n) is 25.5. The summed E-state index contributed by atoms with van der Waals surface area (Å²) in [5.41, 5.74) is 9.05. The lowest BCUT2D eigenvalue weighted by atomic mass is 9.72. The SMILES string of the molecule is CN1C[C@@H]2CC[C@@H](C1)C(c1ccc3nccc(Nc4cccc(C(=O)Nc5cc6c(cn5)CCc5cnccc5N6)c4)c3c1)C2. The Balaban J connectivity index is 1.02. The van der Waals surface area contributed by atoms with Crippen molar-refractivity contribution in [1.82, 2.24) is 19.9 Å². The first-order chi connectivity index (χ1) is 22.1. The Hall–Kier alpha value is -4.82. The normalized spacial score (nSPS) is 20.8. The number of nitrogens with zero attached hydrogens (tertiary/aromatic N) is 4. The van der Waals surface area contributed by atoms with Crippen molar-refractivity contribution in [3.8, 4) is 0 Å². The van der Waals surface area contributed by atoms with Crippen LogP contribution in [-0.4, -0.2) is 45.9 Å². The summed E-state index contributed by atoms with van der Waals surface area (Å²) in [5.74, 6) is 2.36. The maximum absolute atomic E-state index is 13.4. The molecule has 5 aromatic rings. The smallest absolute Gasteiger partial charge is 0.256 e. The fourth-order valence-corrected chi connectivity index (χ4v) is 7.64.